The summed E-state index contributed by atoms with van der Waals surface area (Å²) in [5.41, 5.74) is 4.88. The van der Waals surface area contributed by atoms with Crippen LogP contribution in [0.5, 0.6) is 0 Å². The molecule has 1 fully saturated rings. The van der Waals surface area contributed by atoms with E-state index in [0.717, 1.165) is 6.42 Å². The van der Waals surface area contributed by atoms with Crippen LogP contribution in [0, 0.1) is 16.7 Å². The third-order valence-electron chi connectivity index (χ3n) is 6.12. The lowest BCUT2D eigenvalue weighted by Gasteiger charge is -2.14. The van der Waals surface area contributed by atoms with Crippen molar-refractivity contribution in [1.82, 2.24) is 0 Å². The summed E-state index contributed by atoms with van der Waals surface area (Å²) in [6.45, 7) is 9.13. The van der Waals surface area contributed by atoms with Gasteiger partial charge in [0.15, 0.2) is 0 Å². The Bertz CT molecular complexity index is 484. The molecule has 2 aliphatic rings. The number of aliphatic hydroxyl groups is 1. The Morgan fingerprint density at radius 1 is 1.11 bits per heavy atom. The second-order valence-corrected chi connectivity index (χ2v) is 7.65. The van der Waals surface area contributed by atoms with Gasteiger partial charge in [0, 0.05) is 0 Å². The number of fused-ring (bicyclic) bond motifs is 1. The highest BCUT2D eigenvalue weighted by Gasteiger charge is 2.66. The second kappa shape index (κ2) is 4.09. The van der Waals surface area contributed by atoms with Crippen molar-refractivity contribution in [3.05, 3.63) is 34.9 Å². The van der Waals surface area contributed by atoms with Gasteiger partial charge < -0.3 is 5.11 Å². The number of aryl methyl sites for hydroxylation is 2. The zero-order valence-electron chi connectivity index (χ0n) is 12.7. The van der Waals surface area contributed by atoms with Crippen LogP contribution in [0.1, 0.15) is 50.8 Å². The van der Waals surface area contributed by atoms with Crippen molar-refractivity contribution in [3.63, 3.8) is 0 Å². The first-order valence-electron chi connectivity index (χ1n) is 7.63. The van der Waals surface area contributed by atoms with Crippen LogP contribution in [0.25, 0.3) is 0 Å². The summed E-state index contributed by atoms with van der Waals surface area (Å²) in [6.07, 6.45) is 4.36. The molecule has 0 amide bonds. The summed E-state index contributed by atoms with van der Waals surface area (Å²) in [5.74, 6) is 0.424. The maximum atomic E-state index is 10.6. The van der Waals surface area contributed by atoms with Gasteiger partial charge in [-0.1, -0.05) is 45.9 Å². The summed E-state index contributed by atoms with van der Waals surface area (Å²) >= 11 is 0. The molecule has 1 unspecified atom stereocenters. The van der Waals surface area contributed by atoms with Crippen molar-refractivity contribution in [2.24, 2.45) is 16.7 Å². The lowest BCUT2D eigenvalue weighted by Crippen LogP contribution is -2.17. The van der Waals surface area contributed by atoms with Crippen LogP contribution in [0.15, 0.2) is 18.2 Å². The van der Waals surface area contributed by atoms with Crippen LogP contribution >= 0.6 is 0 Å². The Kier molecular flexibility index (Phi) is 2.83. The highest BCUT2D eigenvalue weighted by Crippen LogP contribution is 2.69. The van der Waals surface area contributed by atoms with Crippen LogP contribution in [-0.4, -0.2) is 11.2 Å². The highest BCUT2D eigenvalue weighted by atomic mass is 16.3. The molecule has 0 aromatic heterocycles. The number of hydrogen-bond acceptors (Lipinski definition) is 1. The van der Waals surface area contributed by atoms with Gasteiger partial charge in [-0.15, -0.1) is 0 Å². The van der Waals surface area contributed by atoms with Crippen LogP contribution in [0.3, 0.4) is 0 Å². The molecule has 1 heteroatoms. The van der Waals surface area contributed by atoms with Crippen LogP contribution in [0.2, 0.25) is 0 Å². The lowest BCUT2D eigenvalue weighted by molar-refractivity contribution is 0.129. The average molecular weight is 258 g/mol. The van der Waals surface area contributed by atoms with Crippen molar-refractivity contribution in [2.45, 2.75) is 59.5 Å². The van der Waals surface area contributed by atoms with E-state index in [1.165, 1.54) is 36.0 Å². The van der Waals surface area contributed by atoms with Gasteiger partial charge in [0.05, 0.1) is 6.10 Å². The molecule has 0 saturated heterocycles. The molecule has 1 nitrogen and oxygen atoms in total. The quantitative estimate of drug-likeness (QED) is 0.875. The number of hydrogen-bond donors (Lipinski definition) is 1. The summed E-state index contributed by atoms with van der Waals surface area (Å²) in [6, 6.07) is 6.82. The van der Waals surface area contributed by atoms with Gasteiger partial charge in [-0.25, -0.2) is 0 Å². The van der Waals surface area contributed by atoms with E-state index in [9.17, 15) is 5.11 Å². The largest absolute Gasteiger partial charge is 0.392 e. The minimum absolute atomic E-state index is 0.204. The smallest absolute Gasteiger partial charge is 0.0619 e. The van der Waals surface area contributed by atoms with E-state index in [2.05, 4.69) is 45.9 Å². The molecule has 0 bridgehead atoms. The van der Waals surface area contributed by atoms with Crippen molar-refractivity contribution < 1.29 is 5.11 Å². The Balaban J connectivity index is 1.73. The molecule has 1 aromatic rings. The van der Waals surface area contributed by atoms with Crippen molar-refractivity contribution in [1.29, 1.82) is 0 Å². The highest BCUT2D eigenvalue weighted by molar-refractivity contribution is 5.35. The van der Waals surface area contributed by atoms with Gasteiger partial charge in [-0.2, -0.15) is 0 Å². The molecule has 0 aliphatic heterocycles. The van der Waals surface area contributed by atoms with Crippen molar-refractivity contribution in [3.8, 4) is 0 Å². The van der Waals surface area contributed by atoms with E-state index in [1.807, 2.05) is 0 Å². The van der Waals surface area contributed by atoms with E-state index in [4.69, 9.17) is 0 Å². The maximum absolute atomic E-state index is 10.6. The van der Waals surface area contributed by atoms with Gasteiger partial charge >= 0.3 is 0 Å². The molecule has 104 valence electrons. The molecule has 1 saturated carbocycles. The SMILES string of the molecule is CC1(C)C(C(O)Cc2ccc3c(c2)CCC3)C1(C)C. The molecule has 0 spiro atoms. The second-order valence-electron chi connectivity index (χ2n) is 7.65. The Morgan fingerprint density at radius 2 is 1.74 bits per heavy atom. The summed E-state index contributed by atoms with van der Waals surface area (Å²) in [4.78, 5) is 0. The summed E-state index contributed by atoms with van der Waals surface area (Å²) < 4.78 is 0. The third kappa shape index (κ3) is 1.94. The molecule has 1 aromatic carbocycles. The zero-order chi connectivity index (χ0) is 13.8. The molecule has 1 N–H and O–H groups in total. The predicted octanol–water partition coefficient (Wildman–Crippen LogP) is 3.76. The first-order valence-corrected chi connectivity index (χ1v) is 7.63. The zero-order valence-corrected chi connectivity index (χ0v) is 12.7. The molecular formula is C18H26O. The van der Waals surface area contributed by atoms with E-state index in [1.54, 1.807) is 0 Å². The summed E-state index contributed by atoms with van der Waals surface area (Å²) in [5, 5.41) is 10.6. The maximum Gasteiger partial charge on any atom is 0.0619 e. The van der Waals surface area contributed by atoms with E-state index < -0.39 is 0 Å². The third-order valence-corrected chi connectivity index (χ3v) is 6.12. The molecule has 0 heterocycles. The van der Waals surface area contributed by atoms with Gasteiger partial charge in [0.2, 0.25) is 0 Å². The number of rotatable bonds is 3. The van der Waals surface area contributed by atoms with Gasteiger partial charge in [-0.3, -0.25) is 0 Å². The molecular weight excluding hydrogens is 232 g/mol. The van der Waals surface area contributed by atoms with Crippen LogP contribution < -0.4 is 0 Å². The van der Waals surface area contributed by atoms with Gasteiger partial charge in [0.1, 0.15) is 0 Å². The van der Waals surface area contributed by atoms with Crippen LogP contribution in [-0.2, 0) is 19.3 Å². The van der Waals surface area contributed by atoms with E-state index >= 15 is 0 Å². The molecule has 0 radical (unpaired) electrons. The molecule has 3 rings (SSSR count). The van der Waals surface area contributed by atoms with E-state index in [0.29, 0.717) is 5.92 Å². The molecule has 2 aliphatic carbocycles. The standard InChI is InChI=1S/C18H26O/c1-17(2)16(18(17,3)4)15(19)11-12-8-9-13-6-5-7-14(13)10-12/h8-10,15-16,19H,5-7,11H2,1-4H3. The normalized spacial score (nSPS) is 25.1. The monoisotopic (exact) mass is 258 g/mol. The van der Waals surface area contributed by atoms with Gasteiger partial charge in [-0.05, 0) is 59.1 Å². The Labute approximate surface area is 117 Å². The fraction of sp³-hybridized carbons (Fsp3) is 0.667. The minimum Gasteiger partial charge on any atom is -0.392 e. The van der Waals surface area contributed by atoms with Gasteiger partial charge in [0.25, 0.3) is 0 Å². The summed E-state index contributed by atoms with van der Waals surface area (Å²) in [7, 11) is 0. The van der Waals surface area contributed by atoms with Crippen molar-refractivity contribution in [2.75, 3.05) is 0 Å². The lowest BCUT2D eigenvalue weighted by atomic mass is 9.97. The fourth-order valence-electron chi connectivity index (χ4n) is 4.32. The first kappa shape index (κ1) is 13.2. The topological polar surface area (TPSA) is 20.2 Å². The van der Waals surface area contributed by atoms with Crippen molar-refractivity contribution >= 4 is 0 Å². The minimum atomic E-state index is -0.204. The molecule has 1 atom stereocenters. The first-order chi connectivity index (χ1) is 8.84. The molecule has 19 heavy (non-hydrogen) atoms. The van der Waals surface area contributed by atoms with Crippen LogP contribution in [0.4, 0.5) is 0 Å². The van der Waals surface area contributed by atoms with E-state index in [-0.39, 0.29) is 16.9 Å². The number of aliphatic hydroxyl groups excluding tert-OH is 1. The Morgan fingerprint density at radius 3 is 2.37 bits per heavy atom. The average Bonchev–Trinajstić information content (AvgIpc) is 2.67. The Hall–Kier alpha value is -0.820. The fourth-order valence-corrected chi connectivity index (χ4v) is 4.32. The predicted molar refractivity (Wildman–Crippen MR) is 79.2 cm³/mol. The number of benzene rings is 1.